The van der Waals surface area contributed by atoms with Crippen LogP contribution < -0.4 is 20.1 Å². The maximum absolute atomic E-state index is 13.5. The smallest absolute Gasteiger partial charge is 0.387 e. The van der Waals surface area contributed by atoms with E-state index >= 15 is 0 Å². The van der Waals surface area contributed by atoms with Crippen LogP contribution >= 0.6 is 0 Å². The Balaban J connectivity index is 1.82. The molecule has 8 nitrogen and oxygen atoms in total. The van der Waals surface area contributed by atoms with E-state index < -0.39 is 34.0 Å². The van der Waals surface area contributed by atoms with Crippen LogP contribution in [0.25, 0.3) is 22.3 Å². The standard InChI is InChI=1S/C26H23F3N2O6S/c1-30-25(32)23-18-11-22(35-13-16-5-3-4-6-20(16)37-26(28)29)19(31-14-38(2,33)34)12-21(18)36-24(23)15-7-9-17(27)10-8-15/h3-12,26,31H,13-14H2,1-2H3,(H,30,32). The van der Waals surface area contributed by atoms with Gasteiger partial charge in [0.1, 0.15) is 41.1 Å². The fraction of sp³-hybridized carbons (Fsp3) is 0.192. The molecular weight excluding hydrogens is 525 g/mol. The fourth-order valence-corrected chi connectivity index (χ4v) is 4.15. The average Bonchev–Trinajstić information content (AvgIpc) is 3.24. The molecule has 0 radical (unpaired) electrons. The van der Waals surface area contributed by atoms with E-state index in [9.17, 15) is 26.4 Å². The lowest BCUT2D eigenvalue weighted by Gasteiger charge is -2.15. The van der Waals surface area contributed by atoms with Crippen LogP contribution in [0.3, 0.4) is 0 Å². The third-order valence-corrected chi connectivity index (χ3v) is 6.12. The van der Waals surface area contributed by atoms with Gasteiger partial charge in [0.15, 0.2) is 9.84 Å². The van der Waals surface area contributed by atoms with Crippen LogP contribution in [0.5, 0.6) is 11.5 Å². The Labute approximate surface area is 216 Å². The highest BCUT2D eigenvalue weighted by Gasteiger charge is 2.24. The lowest BCUT2D eigenvalue weighted by molar-refractivity contribution is -0.0508. The molecule has 200 valence electrons. The topological polar surface area (TPSA) is 107 Å². The van der Waals surface area contributed by atoms with Crippen molar-refractivity contribution in [1.29, 1.82) is 0 Å². The Kier molecular flexibility index (Phi) is 7.81. The van der Waals surface area contributed by atoms with Gasteiger partial charge in [-0.1, -0.05) is 18.2 Å². The second-order valence-electron chi connectivity index (χ2n) is 8.26. The fourth-order valence-electron chi connectivity index (χ4n) is 3.73. The van der Waals surface area contributed by atoms with Crippen LogP contribution in [0, 0.1) is 5.82 Å². The van der Waals surface area contributed by atoms with E-state index in [0.29, 0.717) is 16.5 Å². The summed E-state index contributed by atoms with van der Waals surface area (Å²) in [7, 11) is -2.01. The summed E-state index contributed by atoms with van der Waals surface area (Å²) in [6, 6.07) is 14.4. The van der Waals surface area contributed by atoms with Crippen LogP contribution in [0.1, 0.15) is 15.9 Å². The molecule has 0 atom stereocenters. The first kappa shape index (κ1) is 26.9. The lowest BCUT2D eigenvalue weighted by atomic mass is 10.0. The average molecular weight is 549 g/mol. The maximum atomic E-state index is 13.5. The van der Waals surface area contributed by atoms with Gasteiger partial charge in [-0.15, -0.1) is 0 Å². The second kappa shape index (κ2) is 11.1. The van der Waals surface area contributed by atoms with Gasteiger partial charge in [0.05, 0.1) is 11.3 Å². The molecule has 38 heavy (non-hydrogen) atoms. The minimum Gasteiger partial charge on any atom is -0.487 e. The van der Waals surface area contributed by atoms with E-state index in [2.05, 4.69) is 15.4 Å². The number of halogens is 3. The molecule has 0 bridgehead atoms. The van der Waals surface area contributed by atoms with E-state index in [1.807, 2.05) is 0 Å². The first-order valence-corrected chi connectivity index (χ1v) is 13.3. The van der Waals surface area contributed by atoms with Gasteiger partial charge in [-0.25, -0.2) is 12.8 Å². The number of hydrogen-bond acceptors (Lipinski definition) is 7. The molecule has 0 unspecified atom stereocenters. The number of furan rings is 1. The van der Waals surface area contributed by atoms with E-state index in [0.717, 1.165) is 6.26 Å². The van der Waals surface area contributed by atoms with Crippen molar-refractivity contribution >= 4 is 32.4 Å². The molecule has 0 aliphatic carbocycles. The number of amides is 1. The Hall–Kier alpha value is -4.19. The van der Waals surface area contributed by atoms with Crippen molar-refractivity contribution in [3.8, 4) is 22.8 Å². The van der Waals surface area contributed by atoms with Gasteiger partial charge in [-0.2, -0.15) is 8.78 Å². The summed E-state index contributed by atoms with van der Waals surface area (Å²) in [5.41, 5.74) is 1.35. The van der Waals surface area contributed by atoms with Gasteiger partial charge in [0, 0.05) is 35.9 Å². The number of anilines is 1. The maximum Gasteiger partial charge on any atom is 0.387 e. The third-order valence-electron chi connectivity index (χ3n) is 5.45. The van der Waals surface area contributed by atoms with Gasteiger partial charge in [-0.05, 0) is 36.4 Å². The molecule has 0 saturated carbocycles. The van der Waals surface area contributed by atoms with Crippen molar-refractivity contribution in [3.05, 3.63) is 77.6 Å². The number of fused-ring (bicyclic) bond motifs is 1. The highest BCUT2D eigenvalue weighted by atomic mass is 32.2. The molecule has 0 aliphatic heterocycles. The molecule has 4 aromatic rings. The predicted molar refractivity (Wildman–Crippen MR) is 136 cm³/mol. The molecule has 0 spiro atoms. The number of sulfone groups is 1. The summed E-state index contributed by atoms with van der Waals surface area (Å²) in [6.07, 6.45) is 1.04. The summed E-state index contributed by atoms with van der Waals surface area (Å²) >= 11 is 0. The monoisotopic (exact) mass is 548 g/mol. The quantitative estimate of drug-likeness (QED) is 0.281. The zero-order valence-corrected chi connectivity index (χ0v) is 21.1. The predicted octanol–water partition coefficient (Wildman–Crippen LogP) is 5.19. The zero-order valence-electron chi connectivity index (χ0n) is 20.3. The summed E-state index contributed by atoms with van der Waals surface area (Å²) in [4.78, 5) is 12.9. The Morgan fingerprint density at radius 3 is 2.42 bits per heavy atom. The first-order chi connectivity index (χ1) is 18.1. The number of carbonyl (C=O) groups excluding carboxylic acids is 1. The van der Waals surface area contributed by atoms with Crippen molar-refractivity contribution in [2.24, 2.45) is 0 Å². The number of rotatable bonds is 10. The van der Waals surface area contributed by atoms with E-state index in [1.54, 1.807) is 12.1 Å². The molecule has 3 aromatic carbocycles. The number of benzene rings is 3. The van der Waals surface area contributed by atoms with Crippen molar-refractivity contribution < 1.29 is 40.3 Å². The minimum atomic E-state index is -3.45. The van der Waals surface area contributed by atoms with Crippen LogP contribution in [-0.2, 0) is 16.4 Å². The highest BCUT2D eigenvalue weighted by Crippen LogP contribution is 2.39. The number of para-hydroxylation sites is 1. The van der Waals surface area contributed by atoms with E-state index in [-0.39, 0.29) is 40.7 Å². The molecule has 0 fully saturated rings. The molecule has 12 heteroatoms. The van der Waals surface area contributed by atoms with Gasteiger partial charge in [0.2, 0.25) is 0 Å². The Bertz CT molecular complexity index is 1570. The summed E-state index contributed by atoms with van der Waals surface area (Å²) in [5, 5.41) is 5.65. The third kappa shape index (κ3) is 6.20. The highest BCUT2D eigenvalue weighted by molar-refractivity contribution is 7.90. The normalized spacial score (nSPS) is 11.5. The molecule has 1 amide bonds. The summed E-state index contributed by atoms with van der Waals surface area (Å²) in [6.45, 7) is -3.25. The number of alkyl halides is 2. The minimum absolute atomic E-state index is 0.0813. The molecule has 1 heterocycles. The Morgan fingerprint density at radius 2 is 1.76 bits per heavy atom. The molecule has 1 aromatic heterocycles. The van der Waals surface area contributed by atoms with Crippen LogP contribution in [0.4, 0.5) is 18.9 Å². The number of ether oxygens (including phenoxy) is 2. The molecule has 0 aliphatic rings. The second-order valence-corrected chi connectivity index (χ2v) is 10.4. The first-order valence-electron chi connectivity index (χ1n) is 11.2. The van der Waals surface area contributed by atoms with Gasteiger partial charge >= 0.3 is 6.61 Å². The van der Waals surface area contributed by atoms with E-state index in [4.69, 9.17) is 9.15 Å². The van der Waals surface area contributed by atoms with Gasteiger partial charge in [0.25, 0.3) is 5.91 Å². The molecule has 4 rings (SSSR count). The Morgan fingerprint density at radius 1 is 1.05 bits per heavy atom. The number of carbonyl (C=O) groups is 1. The van der Waals surface area contributed by atoms with Crippen LogP contribution in [-0.4, -0.2) is 40.1 Å². The molecular formula is C26H23F3N2O6S. The molecule has 0 saturated heterocycles. The largest absolute Gasteiger partial charge is 0.487 e. The number of hydrogen-bond donors (Lipinski definition) is 2. The number of nitrogens with one attached hydrogen (secondary N) is 2. The van der Waals surface area contributed by atoms with Crippen molar-refractivity contribution in [2.75, 3.05) is 24.5 Å². The van der Waals surface area contributed by atoms with Crippen LogP contribution in [0.15, 0.2) is 65.1 Å². The summed E-state index contributed by atoms with van der Waals surface area (Å²) in [5.74, 6) is -1.17. The van der Waals surface area contributed by atoms with Crippen molar-refractivity contribution in [1.82, 2.24) is 5.32 Å². The summed E-state index contributed by atoms with van der Waals surface area (Å²) < 4.78 is 79.2. The van der Waals surface area contributed by atoms with Crippen LogP contribution in [0.2, 0.25) is 0 Å². The zero-order chi connectivity index (χ0) is 27.4. The molecule has 2 N–H and O–H groups in total. The van der Waals surface area contributed by atoms with Gasteiger partial charge in [-0.3, -0.25) is 4.79 Å². The van der Waals surface area contributed by atoms with Crippen molar-refractivity contribution in [3.63, 3.8) is 0 Å². The lowest BCUT2D eigenvalue weighted by Crippen LogP contribution is -2.18. The van der Waals surface area contributed by atoms with E-state index in [1.165, 1.54) is 55.6 Å². The van der Waals surface area contributed by atoms with Crippen molar-refractivity contribution in [2.45, 2.75) is 13.2 Å². The SMILES string of the molecule is CNC(=O)c1c(-c2ccc(F)cc2)oc2cc(NCS(C)(=O)=O)c(OCc3ccccc3OC(F)F)cc12. The van der Waals surface area contributed by atoms with Gasteiger partial charge < -0.3 is 24.5 Å².